The van der Waals surface area contributed by atoms with Crippen molar-refractivity contribution in [2.45, 2.75) is 216 Å². The van der Waals surface area contributed by atoms with Gasteiger partial charge < -0.3 is 42.7 Å². The highest BCUT2D eigenvalue weighted by atomic mass is 28.4. The van der Waals surface area contributed by atoms with E-state index >= 15 is 0 Å². The average Bonchev–Trinajstić information content (AvgIpc) is 3.86. The van der Waals surface area contributed by atoms with E-state index in [0.29, 0.717) is 23.7 Å². The number of aliphatic hydroxyl groups is 1. The fourth-order valence-electron chi connectivity index (χ4n) is 11.9. The van der Waals surface area contributed by atoms with Crippen LogP contribution >= 0.6 is 0 Å². The van der Waals surface area contributed by atoms with Gasteiger partial charge in [-0.1, -0.05) is 67.7 Å². The maximum absolute atomic E-state index is 10.1. The topological polar surface area (TPSA) is 94.1 Å². The van der Waals surface area contributed by atoms with Gasteiger partial charge in [-0.2, -0.15) is 0 Å². The molecule has 6 bridgehead atoms. The lowest BCUT2D eigenvalue weighted by atomic mass is 9.80. The summed E-state index contributed by atoms with van der Waals surface area (Å²) in [6.45, 7) is 30.0. The average molecular weight is 815 g/mol. The quantitative estimate of drug-likeness (QED) is 0.0955. The predicted octanol–water partition coefficient (Wildman–Crippen LogP) is 9.08. The highest BCUT2D eigenvalue weighted by Gasteiger charge is 2.67. The molecule has 8 aliphatic rings. The van der Waals surface area contributed by atoms with Crippen molar-refractivity contribution in [1.82, 2.24) is 0 Å². The summed E-state index contributed by atoms with van der Waals surface area (Å²) in [7, 11) is -1.62. The Bertz CT molecular complexity index is 1380. The van der Waals surface area contributed by atoms with Crippen molar-refractivity contribution in [2.75, 3.05) is 13.2 Å². The zero-order chi connectivity index (χ0) is 40.6. The molecule has 0 radical (unpaired) electrons. The van der Waals surface area contributed by atoms with E-state index in [2.05, 4.69) is 68.2 Å². The van der Waals surface area contributed by atoms with Crippen LogP contribution in [0.1, 0.15) is 119 Å². The third kappa shape index (κ3) is 9.17. The number of aliphatic hydroxyl groups excluding tert-OH is 1. The second-order valence-corrected chi connectivity index (χ2v) is 24.3. The standard InChI is InChI=1S/C47H78O9Si/c1-11-15-38-33(10)43-45-46(53-38)44-42(54-45)26-47(55-43,56-44)20-18-35-24-30(7)37(50-35)17-16-34-23-29(6)31(8)40(51-34)25-41-36(19-21-48)32(9)39(52-41)22-28(5)27-49-57(12-2,13-3)14-4/h11,28-29,32-46,48H,1,7-8,12-27H2,2-6,9-10H3/t28-,29+,32+,33?,34-,35-,36+,37?,38-,39+,40+,41?,42+,43-,44-,45-,46-,47+/m0/s1. The van der Waals surface area contributed by atoms with Crippen LogP contribution in [0.5, 0.6) is 0 Å². The third-order valence-electron chi connectivity index (χ3n) is 15.9. The van der Waals surface area contributed by atoms with E-state index in [1.807, 2.05) is 6.08 Å². The van der Waals surface area contributed by atoms with Crippen molar-refractivity contribution < 1.29 is 42.7 Å². The van der Waals surface area contributed by atoms with Crippen molar-refractivity contribution in [3.63, 3.8) is 0 Å². The zero-order valence-electron chi connectivity index (χ0n) is 36.5. The van der Waals surface area contributed by atoms with Gasteiger partial charge >= 0.3 is 0 Å². The molecule has 8 saturated heterocycles. The Labute approximate surface area is 346 Å². The van der Waals surface area contributed by atoms with Gasteiger partial charge in [-0.15, -0.1) is 6.58 Å². The molecule has 9 nitrogen and oxygen atoms in total. The first-order chi connectivity index (χ1) is 27.4. The number of hydrogen-bond acceptors (Lipinski definition) is 9. The second-order valence-electron chi connectivity index (χ2n) is 19.5. The van der Waals surface area contributed by atoms with Crippen molar-refractivity contribution >= 4 is 8.32 Å². The molecule has 0 saturated carbocycles. The van der Waals surface area contributed by atoms with E-state index in [1.54, 1.807) is 0 Å². The van der Waals surface area contributed by atoms with E-state index in [1.165, 1.54) is 29.3 Å². The summed E-state index contributed by atoms with van der Waals surface area (Å²) < 4.78 is 53.9. The van der Waals surface area contributed by atoms with E-state index < -0.39 is 14.1 Å². The van der Waals surface area contributed by atoms with Crippen molar-refractivity contribution in [3.8, 4) is 0 Å². The summed E-state index contributed by atoms with van der Waals surface area (Å²) in [6.07, 6.45) is 11.7. The summed E-state index contributed by atoms with van der Waals surface area (Å²) in [5, 5.41) is 10.1. The van der Waals surface area contributed by atoms with Crippen LogP contribution in [0.15, 0.2) is 37.0 Å². The summed E-state index contributed by atoms with van der Waals surface area (Å²) in [5.41, 5.74) is 2.36. The van der Waals surface area contributed by atoms with E-state index in [-0.39, 0.29) is 85.8 Å². The monoisotopic (exact) mass is 815 g/mol. The van der Waals surface area contributed by atoms with E-state index in [9.17, 15) is 5.11 Å². The normalized spacial score (nSPS) is 44.6. The number of rotatable bonds is 20. The first-order valence-electron chi connectivity index (χ1n) is 23.2. The van der Waals surface area contributed by atoms with Crippen LogP contribution in [0.4, 0.5) is 0 Å². The molecule has 18 atom stereocenters. The van der Waals surface area contributed by atoms with Crippen LogP contribution in [-0.4, -0.2) is 106 Å². The molecule has 8 fully saturated rings. The first kappa shape index (κ1) is 44.1. The van der Waals surface area contributed by atoms with Crippen LogP contribution in [0, 0.1) is 29.6 Å². The molecule has 8 heterocycles. The van der Waals surface area contributed by atoms with Crippen molar-refractivity contribution in [3.05, 3.63) is 37.0 Å². The third-order valence-corrected chi connectivity index (χ3v) is 20.5. The maximum atomic E-state index is 10.1. The van der Waals surface area contributed by atoms with Gasteiger partial charge in [0.2, 0.25) is 0 Å². The molecule has 0 aromatic heterocycles. The molecule has 0 aliphatic carbocycles. The molecule has 8 aliphatic heterocycles. The van der Waals surface area contributed by atoms with Gasteiger partial charge in [-0.25, -0.2) is 0 Å². The molecule has 0 aromatic carbocycles. The lowest BCUT2D eigenvalue weighted by Gasteiger charge is -2.42. The van der Waals surface area contributed by atoms with Crippen LogP contribution in [0.2, 0.25) is 18.1 Å². The second kappa shape index (κ2) is 18.6. The van der Waals surface area contributed by atoms with Crippen LogP contribution < -0.4 is 0 Å². The maximum Gasteiger partial charge on any atom is 0.191 e. The molecule has 8 rings (SSSR count). The molecule has 0 spiro atoms. The lowest BCUT2D eigenvalue weighted by Crippen LogP contribution is -2.54. The molecule has 1 N–H and O–H groups in total. The number of ether oxygens (including phenoxy) is 7. The molecular formula is C47H78O9Si. The van der Waals surface area contributed by atoms with Gasteiger partial charge in [0.1, 0.15) is 18.3 Å². The van der Waals surface area contributed by atoms with Crippen LogP contribution in [-0.2, 0) is 37.6 Å². The zero-order valence-corrected chi connectivity index (χ0v) is 37.5. The fourth-order valence-corrected chi connectivity index (χ4v) is 14.6. The Kier molecular flexibility index (Phi) is 14.4. The van der Waals surface area contributed by atoms with Gasteiger partial charge in [-0.3, -0.25) is 0 Å². The largest absolute Gasteiger partial charge is 0.417 e. The molecule has 57 heavy (non-hydrogen) atoms. The Hall–Kier alpha value is -0.923. The minimum Gasteiger partial charge on any atom is -0.417 e. The van der Waals surface area contributed by atoms with Crippen molar-refractivity contribution in [1.29, 1.82) is 0 Å². The molecule has 10 heteroatoms. The summed E-state index contributed by atoms with van der Waals surface area (Å²) in [4.78, 5) is 0. The number of hydrogen-bond donors (Lipinski definition) is 1. The summed E-state index contributed by atoms with van der Waals surface area (Å²) in [5.74, 6) is 1.04. The predicted molar refractivity (Wildman–Crippen MR) is 225 cm³/mol. The molecular weight excluding hydrogens is 737 g/mol. The minimum absolute atomic E-state index is 0.0260. The summed E-state index contributed by atoms with van der Waals surface area (Å²) in [6, 6.07) is 3.53. The van der Waals surface area contributed by atoms with E-state index in [4.69, 9.17) is 37.6 Å². The Balaban J connectivity index is 0.895. The Morgan fingerprint density at radius 2 is 1.54 bits per heavy atom. The van der Waals surface area contributed by atoms with Gasteiger partial charge in [0.05, 0.1) is 54.9 Å². The lowest BCUT2D eigenvalue weighted by molar-refractivity contribution is -0.262. The summed E-state index contributed by atoms with van der Waals surface area (Å²) >= 11 is 0. The molecule has 324 valence electrons. The highest BCUT2D eigenvalue weighted by Crippen LogP contribution is 2.54. The van der Waals surface area contributed by atoms with Gasteiger partial charge in [0, 0.05) is 38.4 Å². The highest BCUT2D eigenvalue weighted by molar-refractivity contribution is 6.73. The Morgan fingerprint density at radius 1 is 0.825 bits per heavy atom. The SMILES string of the molecule is C=CC[C@@H]1O[C@H]2[C@H]3O[C@]4(CC[C@H]5CC(=C)C(CC[C@H]6C[C@@H](C)C(=C)[C@@H](CC7O[C@H](C[C@H](C)CO[Si](CC)(CC)CC)[C@H](C)[C@H]7CCO)O6)O5)C[C@H]3O[C@H]2[C@@H](O4)C1C. The van der Waals surface area contributed by atoms with Gasteiger partial charge in [0.25, 0.3) is 0 Å². The first-order valence-corrected chi connectivity index (χ1v) is 25.7. The van der Waals surface area contributed by atoms with Gasteiger partial charge in [0.15, 0.2) is 14.1 Å². The Morgan fingerprint density at radius 3 is 2.26 bits per heavy atom. The molecule has 0 aromatic rings. The molecule has 3 unspecified atom stereocenters. The molecule has 0 amide bonds. The van der Waals surface area contributed by atoms with Crippen LogP contribution in [0.25, 0.3) is 0 Å². The fraction of sp³-hybridized carbons (Fsp3) is 0.872. The smallest absolute Gasteiger partial charge is 0.191 e. The van der Waals surface area contributed by atoms with E-state index in [0.717, 1.165) is 77.2 Å². The van der Waals surface area contributed by atoms with Gasteiger partial charge in [-0.05, 0) is 104 Å². The van der Waals surface area contributed by atoms with Crippen LogP contribution in [0.3, 0.4) is 0 Å². The minimum atomic E-state index is -1.62. The van der Waals surface area contributed by atoms with Crippen molar-refractivity contribution in [2.24, 2.45) is 29.6 Å².